The molecular weight excluding hydrogens is 268 g/mol. The number of ether oxygens (including phenoxy) is 1. The summed E-state index contributed by atoms with van der Waals surface area (Å²) in [7, 11) is 0.914. The van der Waals surface area contributed by atoms with Crippen LogP contribution in [0.15, 0.2) is 12.3 Å². The minimum Gasteiger partial charge on any atom is -0.494 e. The van der Waals surface area contributed by atoms with Gasteiger partial charge in [0.05, 0.1) is 18.9 Å². The highest BCUT2D eigenvalue weighted by Crippen LogP contribution is 2.33. The van der Waals surface area contributed by atoms with E-state index in [9.17, 15) is 31.1 Å². The fraction of sp³-hybridized carbons (Fsp3) is 0.333. The molecule has 1 aromatic rings. The summed E-state index contributed by atoms with van der Waals surface area (Å²) in [4.78, 5) is 13.8. The lowest BCUT2D eigenvalue weighted by Crippen LogP contribution is -2.24. The molecule has 0 N–H and O–H groups in total. The van der Waals surface area contributed by atoms with Crippen molar-refractivity contribution in [3.8, 4) is 5.75 Å². The van der Waals surface area contributed by atoms with E-state index in [-0.39, 0.29) is 6.07 Å². The zero-order chi connectivity index (χ0) is 14.1. The van der Waals surface area contributed by atoms with Gasteiger partial charge < -0.3 is 4.74 Å². The summed E-state index contributed by atoms with van der Waals surface area (Å²) >= 11 is 0. The Morgan fingerprint density at radius 1 is 1.22 bits per heavy atom. The van der Waals surface area contributed by atoms with Gasteiger partial charge in [0.1, 0.15) is 11.4 Å². The highest BCUT2D eigenvalue weighted by Gasteiger charge is 2.42. The maximum atomic E-state index is 12.3. The number of hydrogen-bond acceptors (Lipinski definition) is 3. The molecule has 0 aliphatic rings. The molecule has 0 aromatic carbocycles. The molecule has 0 amide bonds. The number of rotatable bonds is 2. The first-order valence-corrected chi connectivity index (χ1v) is 4.30. The SMILES string of the molecule is COc1cnc(C(F)(F)F)cc1C(=O)C(F)(F)F. The van der Waals surface area contributed by atoms with Gasteiger partial charge in [0.2, 0.25) is 0 Å². The van der Waals surface area contributed by atoms with Gasteiger partial charge in [-0.1, -0.05) is 0 Å². The number of hydrogen-bond donors (Lipinski definition) is 0. The predicted octanol–water partition coefficient (Wildman–Crippen LogP) is 2.85. The van der Waals surface area contributed by atoms with Crippen molar-refractivity contribution in [3.63, 3.8) is 0 Å². The number of alkyl halides is 6. The zero-order valence-corrected chi connectivity index (χ0v) is 8.69. The summed E-state index contributed by atoms with van der Waals surface area (Å²) in [6, 6.07) is 0.00859. The molecule has 0 aliphatic heterocycles. The molecule has 1 heterocycles. The van der Waals surface area contributed by atoms with Crippen molar-refractivity contribution < 1.29 is 35.9 Å². The topological polar surface area (TPSA) is 39.2 Å². The van der Waals surface area contributed by atoms with Gasteiger partial charge in [-0.25, -0.2) is 4.98 Å². The molecule has 0 atom stereocenters. The van der Waals surface area contributed by atoms with Gasteiger partial charge in [0, 0.05) is 0 Å². The van der Waals surface area contributed by atoms with E-state index in [1.807, 2.05) is 0 Å². The first-order valence-electron chi connectivity index (χ1n) is 4.30. The maximum absolute atomic E-state index is 12.3. The number of halogens is 6. The first-order chi connectivity index (χ1) is 8.07. The minimum absolute atomic E-state index is 0.00859. The van der Waals surface area contributed by atoms with Crippen LogP contribution in [0.4, 0.5) is 26.3 Å². The Kier molecular flexibility index (Phi) is 3.54. The monoisotopic (exact) mass is 273 g/mol. The van der Waals surface area contributed by atoms with Crippen LogP contribution in [0.3, 0.4) is 0 Å². The number of nitrogens with zero attached hydrogens (tertiary/aromatic N) is 1. The summed E-state index contributed by atoms with van der Waals surface area (Å²) < 4.78 is 77.7. The standard InChI is InChI=1S/C9H5F6NO2/c1-18-5-3-16-6(8(10,11)12)2-4(5)7(17)9(13,14)15/h2-3H,1H3. The van der Waals surface area contributed by atoms with Gasteiger partial charge in [-0.3, -0.25) is 4.79 Å². The largest absolute Gasteiger partial charge is 0.494 e. The van der Waals surface area contributed by atoms with Gasteiger partial charge in [-0.2, -0.15) is 26.3 Å². The Bertz CT molecular complexity index is 465. The molecule has 9 heteroatoms. The van der Waals surface area contributed by atoms with E-state index in [1.54, 1.807) is 0 Å². The fourth-order valence-corrected chi connectivity index (χ4v) is 1.09. The second kappa shape index (κ2) is 4.46. The molecule has 0 aliphatic carbocycles. The van der Waals surface area contributed by atoms with Gasteiger partial charge >= 0.3 is 12.4 Å². The van der Waals surface area contributed by atoms with E-state index in [1.165, 1.54) is 0 Å². The molecule has 0 spiro atoms. The number of carbonyl (C=O) groups excluding carboxylic acids is 1. The van der Waals surface area contributed by atoms with Gasteiger partial charge in [-0.05, 0) is 6.07 Å². The molecule has 0 saturated carbocycles. The third-order valence-corrected chi connectivity index (χ3v) is 1.88. The van der Waals surface area contributed by atoms with E-state index in [0.29, 0.717) is 6.20 Å². The molecule has 0 bridgehead atoms. The van der Waals surface area contributed by atoms with Gasteiger partial charge in [0.25, 0.3) is 5.78 Å². The van der Waals surface area contributed by atoms with Crippen molar-refractivity contribution >= 4 is 5.78 Å². The number of aromatic nitrogens is 1. The molecule has 0 radical (unpaired) electrons. The second-order valence-corrected chi connectivity index (χ2v) is 3.09. The van der Waals surface area contributed by atoms with E-state index in [0.717, 1.165) is 7.11 Å². The summed E-state index contributed by atoms with van der Waals surface area (Å²) in [5, 5.41) is 0. The van der Waals surface area contributed by atoms with Crippen LogP contribution in [-0.4, -0.2) is 24.1 Å². The number of Topliss-reactive ketones (excluding diaryl/α,β-unsaturated/α-hetero) is 1. The fourth-order valence-electron chi connectivity index (χ4n) is 1.09. The molecule has 0 saturated heterocycles. The van der Waals surface area contributed by atoms with Crippen LogP contribution in [0.25, 0.3) is 0 Å². The van der Waals surface area contributed by atoms with Crippen LogP contribution in [-0.2, 0) is 6.18 Å². The van der Waals surface area contributed by atoms with Crippen molar-refractivity contribution in [1.82, 2.24) is 4.98 Å². The highest BCUT2D eigenvalue weighted by molar-refractivity contribution is 6.02. The number of carbonyl (C=O) groups is 1. The normalized spacial score (nSPS) is 12.4. The molecule has 100 valence electrons. The van der Waals surface area contributed by atoms with Crippen LogP contribution in [0.5, 0.6) is 5.75 Å². The third kappa shape index (κ3) is 2.90. The quantitative estimate of drug-likeness (QED) is 0.614. The van der Waals surface area contributed by atoms with Crippen LogP contribution in [0.2, 0.25) is 0 Å². The van der Waals surface area contributed by atoms with Crippen molar-refractivity contribution in [3.05, 3.63) is 23.5 Å². The van der Waals surface area contributed by atoms with E-state index in [4.69, 9.17) is 0 Å². The Balaban J connectivity index is 3.36. The van der Waals surface area contributed by atoms with E-state index >= 15 is 0 Å². The molecule has 18 heavy (non-hydrogen) atoms. The minimum atomic E-state index is -5.29. The van der Waals surface area contributed by atoms with E-state index in [2.05, 4.69) is 9.72 Å². The van der Waals surface area contributed by atoms with Crippen molar-refractivity contribution in [2.45, 2.75) is 12.4 Å². The van der Waals surface area contributed by atoms with E-state index < -0.39 is 35.1 Å². The van der Waals surface area contributed by atoms with Crippen molar-refractivity contribution in [1.29, 1.82) is 0 Å². The van der Waals surface area contributed by atoms with Crippen LogP contribution >= 0.6 is 0 Å². The molecule has 3 nitrogen and oxygen atoms in total. The first kappa shape index (κ1) is 14.3. The van der Waals surface area contributed by atoms with Gasteiger partial charge in [0.15, 0.2) is 0 Å². The average Bonchev–Trinajstić information content (AvgIpc) is 2.24. The molecule has 1 rings (SSSR count). The Morgan fingerprint density at radius 2 is 1.78 bits per heavy atom. The predicted molar refractivity (Wildman–Crippen MR) is 46.2 cm³/mol. The van der Waals surface area contributed by atoms with Crippen molar-refractivity contribution in [2.75, 3.05) is 7.11 Å². The molecule has 0 fully saturated rings. The number of ketones is 1. The van der Waals surface area contributed by atoms with Gasteiger partial charge in [-0.15, -0.1) is 0 Å². The number of methoxy groups -OCH3 is 1. The molecular formula is C9H5F6NO2. The lowest BCUT2D eigenvalue weighted by molar-refractivity contribution is -0.141. The van der Waals surface area contributed by atoms with Crippen LogP contribution in [0, 0.1) is 0 Å². The maximum Gasteiger partial charge on any atom is 0.455 e. The summed E-state index contributed by atoms with van der Waals surface area (Å²) in [6.07, 6.45) is -9.83. The smallest absolute Gasteiger partial charge is 0.455 e. The zero-order valence-electron chi connectivity index (χ0n) is 8.69. The Labute approximate surface area is 96.4 Å². The summed E-state index contributed by atoms with van der Waals surface area (Å²) in [5.74, 6) is -3.10. The Hall–Kier alpha value is -1.80. The molecule has 0 unspecified atom stereocenters. The van der Waals surface area contributed by atoms with Crippen molar-refractivity contribution in [2.24, 2.45) is 0 Å². The third-order valence-electron chi connectivity index (χ3n) is 1.88. The lowest BCUT2D eigenvalue weighted by atomic mass is 10.1. The second-order valence-electron chi connectivity index (χ2n) is 3.09. The number of pyridine rings is 1. The van der Waals surface area contributed by atoms with Crippen LogP contribution in [0.1, 0.15) is 16.1 Å². The molecule has 1 aromatic heterocycles. The lowest BCUT2D eigenvalue weighted by Gasteiger charge is -2.12. The summed E-state index contributed by atoms with van der Waals surface area (Å²) in [5.41, 5.74) is -2.83. The van der Waals surface area contributed by atoms with Crippen LogP contribution < -0.4 is 4.74 Å². The average molecular weight is 273 g/mol. The summed E-state index contributed by atoms with van der Waals surface area (Å²) in [6.45, 7) is 0. The highest BCUT2D eigenvalue weighted by atomic mass is 19.4. The Morgan fingerprint density at radius 3 is 2.17 bits per heavy atom.